The van der Waals surface area contributed by atoms with Gasteiger partial charge in [-0.25, -0.2) is 12.7 Å². The summed E-state index contributed by atoms with van der Waals surface area (Å²) in [5.74, 6) is -0.269. The Morgan fingerprint density at radius 2 is 1.75 bits per heavy atom. The number of piperidine rings is 1. The van der Waals surface area contributed by atoms with Gasteiger partial charge in [-0.05, 0) is 61.6 Å². The third kappa shape index (κ3) is 5.13. The molecule has 0 aromatic heterocycles. The minimum atomic E-state index is -3.41. The van der Waals surface area contributed by atoms with Gasteiger partial charge in [0.15, 0.2) is 0 Å². The van der Waals surface area contributed by atoms with Crippen LogP contribution in [-0.2, 0) is 20.6 Å². The maximum atomic E-state index is 12.7. The van der Waals surface area contributed by atoms with Gasteiger partial charge in [-0.3, -0.25) is 4.79 Å². The summed E-state index contributed by atoms with van der Waals surface area (Å²) in [6, 6.07) is 12.8. The number of hydrogen-bond donors (Lipinski definition) is 1. The zero-order chi connectivity index (χ0) is 20.3. The van der Waals surface area contributed by atoms with Crippen LogP contribution in [0.5, 0.6) is 0 Å². The lowest BCUT2D eigenvalue weighted by Gasteiger charge is -2.30. The fourth-order valence-electron chi connectivity index (χ4n) is 3.38. The summed E-state index contributed by atoms with van der Waals surface area (Å²) in [5, 5.41) is 3.58. The second-order valence-electron chi connectivity index (χ2n) is 7.36. The van der Waals surface area contributed by atoms with Crippen molar-refractivity contribution in [1.82, 2.24) is 4.31 Å². The predicted octanol–water partition coefficient (Wildman–Crippen LogP) is 4.14. The molecule has 0 spiro atoms. The first-order chi connectivity index (χ1) is 13.2. The van der Waals surface area contributed by atoms with Crippen LogP contribution in [-0.4, -0.2) is 31.7 Å². The number of nitrogens with zero attached hydrogens (tertiary/aromatic N) is 1. The number of nitrogens with one attached hydrogen (secondary N) is 1. The Hall–Kier alpha value is -1.89. The van der Waals surface area contributed by atoms with Gasteiger partial charge in [-0.15, -0.1) is 0 Å². The molecule has 1 aliphatic rings. The van der Waals surface area contributed by atoms with Gasteiger partial charge in [0, 0.05) is 29.7 Å². The van der Waals surface area contributed by atoms with Crippen molar-refractivity contribution in [3.8, 4) is 0 Å². The molecule has 1 heterocycles. The molecule has 28 heavy (non-hydrogen) atoms. The van der Waals surface area contributed by atoms with Gasteiger partial charge in [0.2, 0.25) is 15.9 Å². The van der Waals surface area contributed by atoms with Crippen LogP contribution < -0.4 is 5.32 Å². The van der Waals surface area contributed by atoms with Crippen molar-refractivity contribution >= 4 is 33.2 Å². The quantitative estimate of drug-likeness (QED) is 0.790. The molecule has 0 aliphatic carbocycles. The normalized spacial score (nSPS) is 16.1. The zero-order valence-corrected chi connectivity index (χ0v) is 17.7. The number of sulfonamides is 1. The largest absolute Gasteiger partial charge is 0.326 e. The van der Waals surface area contributed by atoms with E-state index in [1.807, 2.05) is 32.0 Å². The maximum absolute atomic E-state index is 12.7. The van der Waals surface area contributed by atoms with Crippen molar-refractivity contribution in [2.45, 2.75) is 32.4 Å². The first-order valence-corrected chi connectivity index (χ1v) is 11.3. The van der Waals surface area contributed by atoms with Gasteiger partial charge >= 0.3 is 0 Å². The summed E-state index contributed by atoms with van der Waals surface area (Å²) in [5.41, 5.74) is 3.63. The SMILES string of the molecule is Cc1ccc(C)c(NC(=O)C2CCN(S(=O)(=O)Cc3ccc(Cl)cc3)CC2)c1. The molecule has 2 aromatic carbocycles. The molecule has 150 valence electrons. The number of anilines is 1. The number of carbonyl (C=O) groups is 1. The fraction of sp³-hybridized carbons (Fsp3) is 0.381. The molecule has 1 amide bonds. The fourth-order valence-corrected chi connectivity index (χ4v) is 5.07. The van der Waals surface area contributed by atoms with Crippen LogP contribution in [0.3, 0.4) is 0 Å². The Labute approximate surface area is 171 Å². The summed E-state index contributed by atoms with van der Waals surface area (Å²) in [6.45, 7) is 4.67. The molecule has 1 aliphatic heterocycles. The summed E-state index contributed by atoms with van der Waals surface area (Å²) >= 11 is 5.86. The average molecular weight is 421 g/mol. The molecule has 1 fully saturated rings. The van der Waals surface area contributed by atoms with Crippen molar-refractivity contribution in [1.29, 1.82) is 0 Å². The van der Waals surface area contributed by atoms with Gasteiger partial charge in [-0.2, -0.15) is 0 Å². The van der Waals surface area contributed by atoms with Crippen LogP contribution in [0.1, 0.15) is 29.5 Å². The topological polar surface area (TPSA) is 66.5 Å². The Kier molecular flexibility index (Phi) is 6.43. The van der Waals surface area contributed by atoms with Crippen molar-refractivity contribution in [3.05, 3.63) is 64.2 Å². The van der Waals surface area contributed by atoms with Crippen LogP contribution in [0.15, 0.2) is 42.5 Å². The smallest absolute Gasteiger partial charge is 0.227 e. The van der Waals surface area contributed by atoms with Gasteiger partial charge in [0.25, 0.3) is 0 Å². The molecule has 0 radical (unpaired) electrons. The van der Waals surface area contributed by atoms with E-state index in [2.05, 4.69) is 5.32 Å². The molecule has 0 bridgehead atoms. The van der Waals surface area contributed by atoms with Crippen LogP contribution in [0, 0.1) is 19.8 Å². The van der Waals surface area contributed by atoms with E-state index in [4.69, 9.17) is 11.6 Å². The number of hydrogen-bond acceptors (Lipinski definition) is 3. The summed E-state index contributed by atoms with van der Waals surface area (Å²) in [6.07, 6.45) is 1.05. The number of benzene rings is 2. The number of aryl methyl sites for hydroxylation is 2. The number of amides is 1. The zero-order valence-electron chi connectivity index (χ0n) is 16.1. The van der Waals surface area contributed by atoms with E-state index in [-0.39, 0.29) is 17.6 Å². The lowest BCUT2D eigenvalue weighted by Crippen LogP contribution is -2.41. The maximum Gasteiger partial charge on any atom is 0.227 e. The molecule has 2 aromatic rings. The van der Waals surface area contributed by atoms with E-state index >= 15 is 0 Å². The van der Waals surface area contributed by atoms with E-state index in [9.17, 15) is 13.2 Å². The summed E-state index contributed by atoms with van der Waals surface area (Å²) in [4.78, 5) is 12.6. The number of halogens is 1. The van der Waals surface area contributed by atoms with Crippen LogP contribution in [0.25, 0.3) is 0 Å². The second-order valence-corrected chi connectivity index (χ2v) is 9.77. The molecular weight excluding hydrogens is 396 g/mol. The Bertz CT molecular complexity index is 950. The van der Waals surface area contributed by atoms with Crippen molar-refractivity contribution in [2.75, 3.05) is 18.4 Å². The molecule has 0 saturated carbocycles. The highest BCUT2D eigenvalue weighted by Crippen LogP contribution is 2.24. The monoisotopic (exact) mass is 420 g/mol. The van der Waals surface area contributed by atoms with Gasteiger partial charge in [-0.1, -0.05) is 35.9 Å². The Morgan fingerprint density at radius 3 is 2.39 bits per heavy atom. The highest BCUT2D eigenvalue weighted by Gasteiger charge is 2.31. The van der Waals surface area contributed by atoms with E-state index < -0.39 is 10.0 Å². The predicted molar refractivity (Wildman–Crippen MR) is 113 cm³/mol. The van der Waals surface area contributed by atoms with Crippen LogP contribution in [0.2, 0.25) is 5.02 Å². The van der Waals surface area contributed by atoms with Gasteiger partial charge < -0.3 is 5.32 Å². The van der Waals surface area contributed by atoms with E-state index in [1.54, 1.807) is 24.3 Å². The standard InChI is InChI=1S/C21H25ClN2O3S/c1-15-3-4-16(2)20(13-15)23-21(25)18-9-11-24(12-10-18)28(26,27)14-17-5-7-19(22)8-6-17/h3-8,13,18H,9-12,14H2,1-2H3,(H,23,25). The van der Waals surface area contributed by atoms with E-state index in [0.717, 1.165) is 16.8 Å². The molecule has 0 atom stereocenters. The van der Waals surface area contributed by atoms with Gasteiger partial charge in [0.1, 0.15) is 0 Å². The number of rotatable bonds is 5. The van der Waals surface area contributed by atoms with Crippen LogP contribution >= 0.6 is 11.6 Å². The molecule has 0 unspecified atom stereocenters. The lowest BCUT2D eigenvalue weighted by molar-refractivity contribution is -0.120. The number of carbonyl (C=O) groups excluding carboxylic acids is 1. The first kappa shape index (κ1) is 20.8. The molecule has 7 heteroatoms. The van der Waals surface area contributed by atoms with E-state index in [1.165, 1.54) is 4.31 Å². The van der Waals surface area contributed by atoms with E-state index in [0.29, 0.717) is 36.5 Å². The second kappa shape index (κ2) is 8.64. The minimum absolute atomic E-state index is 0.0385. The lowest BCUT2D eigenvalue weighted by atomic mass is 9.97. The van der Waals surface area contributed by atoms with Gasteiger partial charge in [0.05, 0.1) is 5.75 Å². The van der Waals surface area contributed by atoms with Crippen molar-refractivity contribution < 1.29 is 13.2 Å². The Morgan fingerprint density at radius 1 is 1.11 bits per heavy atom. The minimum Gasteiger partial charge on any atom is -0.326 e. The molecule has 3 rings (SSSR count). The highest BCUT2D eigenvalue weighted by molar-refractivity contribution is 7.88. The van der Waals surface area contributed by atoms with Crippen LogP contribution in [0.4, 0.5) is 5.69 Å². The first-order valence-electron chi connectivity index (χ1n) is 9.35. The van der Waals surface area contributed by atoms with Crippen molar-refractivity contribution in [2.24, 2.45) is 5.92 Å². The molecular formula is C21H25ClN2O3S. The summed E-state index contributed by atoms with van der Waals surface area (Å²) in [7, 11) is -3.41. The third-order valence-electron chi connectivity index (χ3n) is 5.13. The highest BCUT2D eigenvalue weighted by atomic mass is 35.5. The molecule has 5 nitrogen and oxygen atoms in total. The molecule has 1 N–H and O–H groups in total. The van der Waals surface area contributed by atoms with Crippen molar-refractivity contribution in [3.63, 3.8) is 0 Å². The Balaban J connectivity index is 1.58. The molecule has 1 saturated heterocycles. The third-order valence-corrected chi connectivity index (χ3v) is 7.23. The summed E-state index contributed by atoms with van der Waals surface area (Å²) < 4.78 is 26.9. The average Bonchev–Trinajstić information content (AvgIpc) is 2.66.